The standard InChI is InChI=1S/C16H13ClFN2O/c1-9-3-4-12(18)6-13(9)15-5-11-8-19-16(17)7-14(11)10(2)20(15)21/h3-8,21H,1-2H3/q+1. The van der Waals surface area contributed by atoms with Crippen LogP contribution in [-0.2, 0) is 0 Å². The van der Waals surface area contributed by atoms with E-state index in [4.69, 9.17) is 11.6 Å². The average molecular weight is 304 g/mol. The fraction of sp³-hybridized carbons (Fsp3) is 0.125. The van der Waals surface area contributed by atoms with Crippen molar-refractivity contribution in [3.8, 4) is 11.3 Å². The van der Waals surface area contributed by atoms with Gasteiger partial charge in [0.1, 0.15) is 11.0 Å². The lowest BCUT2D eigenvalue weighted by Crippen LogP contribution is -2.36. The van der Waals surface area contributed by atoms with Gasteiger partial charge in [0.2, 0.25) is 5.69 Å². The molecule has 0 spiro atoms. The van der Waals surface area contributed by atoms with Gasteiger partial charge < -0.3 is 0 Å². The first kappa shape index (κ1) is 13.8. The van der Waals surface area contributed by atoms with E-state index in [0.29, 0.717) is 22.1 Å². The number of fused-ring (bicyclic) bond motifs is 1. The highest BCUT2D eigenvalue weighted by atomic mass is 35.5. The molecule has 3 rings (SSSR count). The molecule has 2 aromatic heterocycles. The van der Waals surface area contributed by atoms with Crippen LogP contribution in [-0.4, -0.2) is 10.2 Å². The third kappa shape index (κ3) is 2.32. The first-order valence-corrected chi connectivity index (χ1v) is 6.82. The zero-order valence-corrected chi connectivity index (χ0v) is 12.3. The summed E-state index contributed by atoms with van der Waals surface area (Å²) in [5.74, 6) is -0.345. The molecule has 0 radical (unpaired) electrons. The minimum Gasteiger partial charge on any atom is -0.284 e. The second-order valence-corrected chi connectivity index (χ2v) is 5.37. The summed E-state index contributed by atoms with van der Waals surface area (Å²) in [5.41, 5.74) is 2.65. The van der Waals surface area contributed by atoms with Crippen LogP contribution in [0.25, 0.3) is 22.0 Å². The topological polar surface area (TPSA) is 37.0 Å². The van der Waals surface area contributed by atoms with Crippen LogP contribution < -0.4 is 4.73 Å². The number of rotatable bonds is 1. The predicted molar refractivity (Wildman–Crippen MR) is 79.0 cm³/mol. The van der Waals surface area contributed by atoms with E-state index < -0.39 is 0 Å². The van der Waals surface area contributed by atoms with Crippen molar-refractivity contribution in [1.82, 2.24) is 4.98 Å². The van der Waals surface area contributed by atoms with Gasteiger partial charge in [0.05, 0.1) is 10.9 Å². The minimum atomic E-state index is -0.345. The maximum absolute atomic E-state index is 13.5. The van der Waals surface area contributed by atoms with E-state index in [2.05, 4.69) is 4.98 Å². The Morgan fingerprint density at radius 1 is 1.19 bits per heavy atom. The molecular formula is C16H13ClFN2O+. The molecule has 5 heteroatoms. The monoisotopic (exact) mass is 303 g/mol. The van der Waals surface area contributed by atoms with Gasteiger partial charge in [0.25, 0.3) is 5.69 Å². The van der Waals surface area contributed by atoms with Crippen LogP contribution in [0.2, 0.25) is 5.15 Å². The van der Waals surface area contributed by atoms with Crippen LogP contribution in [0.5, 0.6) is 0 Å². The third-order valence-corrected chi connectivity index (χ3v) is 3.81. The van der Waals surface area contributed by atoms with Gasteiger partial charge in [-0.05, 0) is 30.7 Å². The molecule has 1 aromatic carbocycles. The molecular weight excluding hydrogens is 291 g/mol. The van der Waals surface area contributed by atoms with Crippen molar-refractivity contribution in [2.45, 2.75) is 13.8 Å². The summed E-state index contributed by atoms with van der Waals surface area (Å²) >= 11 is 5.89. The number of benzene rings is 1. The van der Waals surface area contributed by atoms with E-state index in [-0.39, 0.29) is 5.82 Å². The van der Waals surface area contributed by atoms with E-state index in [1.54, 1.807) is 31.3 Å². The molecule has 1 N–H and O–H groups in total. The molecule has 106 valence electrons. The van der Waals surface area contributed by atoms with Crippen molar-refractivity contribution in [2.75, 3.05) is 0 Å². The van der Waals surface area contributed by atoms with Crippen molar-refractivity contribution < 1.29 is 14.3 Å². The van der Waals surface area contributed by atoms with Crippen molar-refractivity contribution >= 4 is 22.4 Å². The molecule has 0 amide bonds. The van der Waals surface area contributed by atoms with Crippen LogP contribution in [0, 0.1) is 19.7 Å². The number of aromatic nitrogens is 2. The van der Waals surface area contributed by atoms with Crippen LogP contribution in [0.3, 0.4) is 0 Å². The highest BCUT2D eigenvalue weighted by Crippen LogP contribution is 2.26. The molecule has 0 aliphatic heterocycles. The van der Waals surface area contributed by atoms with Crippen LogP contribution in [0.4, 0.5) is 4.39 Å². The predicted octanol–water partition coefficient (Wildman–Crippen LogP) is 3.84. The smallest absolute Gasteiger partial charge is 0.265 e. The molecule has 0 unspecified atom stereocenters. The van der Waals surface area contributed by atoms with Crippen LogP contribution in [0.15, 0.2) is 36.5 Å². The summed E-state index contributed by atoms with van der Waals surface area (Å²) in [7, 11) is 0. The van der Waals surface area contributed by atoms with Gasteiger partial charge in [-0.2, -0.15) is 0 Å². The molecule has 0 saturated carbocycles. The second kappa shape index (κ2) is 4.97. The fourth-order valence-electron chi connectivity index (χ4n) is 2.43. The number of hydrogen-bond donors (Lipinski definition) is 1. The maximum Gasteiger partial charge on any atom is 0.265 e. The molecule has 3 aromatic rings. The molecule has 0 fully saturated rings. The van der Waals surface area contributed by atoms with Gasteiger partial charge in [0.15, 0.2) is 0 Å². The highest BCUT2D eigenvalue weighted by Gasteiger charge is 2.22. The van der Waals surface area contributed by atoms with Gasteiger partial charge in [0, 0.05) is 29.3 Å². The summed E-state index contributed by atoms with van der Waals surface area (Å²) in [6.07, 6.45) is 1.64. The Bertz CT molecular complexity index is 865. The minimum absolute atomic E-state index is 0.345. The van der Waals surface area contributed by atoms with Crippen molar-refractivity contribution in [1.29, 1.82) is 0 Å². The molecule has 0 saturated heterocycles. The molecule has 2 heterocycles. The Morgan fingerprint density at radius 3 is 2.71 bits per heavy atom. The maximum atomic E-state index is 13.5. The molecule has 0 atom stereocenters. The molecule has 3 nitrogen and oxygen atoms in total. The van der Waals surface area contributed by atoms with Crippen molar-refractivity contribution in [3.63, 3.8) is 0 Å². The van der Waals surface area contributed by atoms with Crippen molar-refractivity contribution in [3.05, 3.63) is 58.8 Å². The van der Waals surface area contributed by atoms with Gasteiger partial charge in [-0.25, -0.2) is 9.37 Å². The Kier molecular flexibility index (Phi) is 3.26. The quantitative estimate of drug-likeness (QED) is 0.421. The van der Waals surface area contributed by atoms with Gasteiger partial charge in [-0.3, -0.25) is 5.21 Å². The molecule has 0 aliphatic carbocycles. The first-order chi connectivity index (χ1) is 9.97. The van der Waals surface area contributed by atoms with E-state index >= 15 is 0 Å². The Balaban J connectivity index is 2.36. The third-order valence-electron chi connectivity index (χ3n) is 3.60. The highest BCUT2D eigenvalue weighted by molar-refractivity contribution is 6.30. The SMILES string of the molecule is Cc1ccc(F)cc1-c1cc2cnc(Cl)cc2c(C)[n+]1O. The summed E-state index contributed by atoms with van der Waals surface area (Å²) in [5, 5.41) is 12.4. The van der Waals surface area contributed by atoms with Crippen LogP contribution in [0.1, 0.15) is 11.3 Å². The summed E-state index contributed by atoms with van der Waals surface area (Å²) in [6, 6.07) is 7.96. The molecule has 21 heavy (non-hydrogen) atoms. The zero-order chi connectivity index (χ0) is 15.1. The van der Waals surface area contributed by atoms with E-state index in [0.717, 1.165) is 21.1 Å². The normalized spacial score (nSPS) is 11.0. The molecule has 0 bridgehead atoms. The van der Waals surface area contributed by atoms with E-state index in [9.17, 15) is 9.60 Å². The molecule has 0 aliphatic rings. The second-order valence-electron chi connectivity index (χ2n) is 4.98. The fourth-order valence-corrected chi connectivity index (χ4v) is 2.59. The summed E-state index contributed by atoms with van der Waals surface area (Å²) in [4.78, 5) is 4.05. The lowest BCUT2D eigenvalue weighted by molar-refractivity contribution is -0.899. The van der Waals surface area contributed by atoms with E-state index in [1.165, 1.54) is 12.1 Å². The lowest BCUT2D eigenvalue weighted by atomic mass is 10.0. The number of pyridine rings is 2. The zero-order valence-electron chi connectivity index (χ0n) is 11.6. The number of hydrogen-bond acceptors (Lipinski definition) is 2. The Morgan fingerprint density at radius 2 is 1.95 bits per heavy atom. The number of halogens is 2. The Hall–Kier alpha value is -2.20. The summed E-state index contributed by atoms with van der Waals surface area (Å²) in [6.45, 7) is 3.64. The summed E-state index contributed by atoms with van der Waals surface area (Å²) < 4.78 is 14.6. The van der Waals surface area contributed by atoms with E-state index in [1.807, 2.05) is 6.92 Å². The average Bonchev–Trinajstić information content (AvgIpc) is 2.46. The number of nitrogens with zero attached hydrogens (tertiary/aromatic N) is 2. The number of aryl methyl sites for hydroxylation is 2. The largest absolute Gasteiger partial charge is 0.284 e. The Labute approximate surface area is 126 Å². The van der Waals surface area contributed by atoms with Gasteiger partial charge in [-0.15, -0.1) is 0 Å². The van der Waals surface area contributed by atoms with Gasteiger partial charge >= 0.3 is 0 Å². The van der Waals surface area contributed by atoms with Crippen LogP contribution >= 0.6 is 11.6 Å². The van der Waals surface area contributed by atoms with Crippen molar-refractivity contribution in [2.24, 2.45) is 0 Å². The van der Waals surface area contributed by atoms with Gasteiger partial charge in [-0.1, -0.05) is 17.7 Å². The first-order valence-electron chi connectivity index (χ1n) is 6.44. The lowest BCUT2D eigenvalue weighted by Gasteiger charge is -2.06.